The zero-order valence-electron chi connectivity index (χ0n) is 10.7. The lowest BCUT2D eigenvalue weighted by molar-refractivity contribution is 0.0167. The maximum absolute atomic E-state index is 11.3. The van der Waals surface area contributed by atoms with Gasteiger partial charge in [-0.25, -0.2) is 4.79 Å². The Hall–Kier alpha value is -1.33. The van der Waals surface area contributed by atoms with Crippen LogP contribution in [-0.4, -0.2) is 37.3 Å². The predicted molar refractivity (Wildman–Crippen MR) is 67.4 cm³/mol. The first-order valence-electron chi connectivity index (χ1n) is 6.38. The highest BCUT2D eigenvalue weighted by atomic mass is 16.5. The van der Waals surface area contributed by atoms with Crippen LogP contribution in [0.15, 0.2) is 12.1 Å². The van der Waals surface area contributed by atoms with Gasteiger partial charge in [-0.2, -0.15) is 0 Å². The summed E-state index contributed by atoms with van der Waals surface area (Å²) < 4.78 is 10.3. The third-order valence-electron chi connectivity index (χ3n) is 3.11. The van der Waals surface area contributed by atoms with Crippen LogP contribution >= 0.6 is 0 Å². The number of aromatic nitrogens is 1. The summed E-state index contributed by atoms with van der Waals surface area (Å²) in [6, 6.07) is 3.63. The number of aromatic amines is 1. The standard InChI is InChI=1S/C13H20N2O3/c1-17-13(16)12-6-5-10(15-12)8-14-9-11-4-2-3-7-18-11/h5-6,11,14-15H,2-4,7-9H2,1H3. The molecule has 0 saturated carbocycles. The third kappa shape index (κ3) is 3.58. The Labute approximate surface area is 107 Å². The van der Waals surface area contributed by atoms with Gasteiger partial charge in [-0.1, -0.05) is 0 Å². The van der Waals surface area contributed by atoms with E-state index in [4.69, 9.17) is 4.74 Å². The zero-order valence-corrected chi connectivity index (χ0v) is 10.7. The molecule has 1 saturated heterocycles. The molecule has 5 heteroatoms. The van der Waals surface area contributed by atoms with Gasteiger partial charge in [0.2, 0.25) is 0 Å². The molecule has 0 radical (unpaired) electrons. The van der Waals surface area contributed by atoms with Gasteiger partial charge in [0.1, 0.15) is 5.69 Å². The number of carbonyl (C=O) groups excluding carboxylic acids is 1. The lowest BCUT2D eigenvalue weighted by Gasteiger charge is -2.22. The number of ether oxygens (including phenoxy) is 2. The van der Waals surface area contributed by atoms with Crippen LogP contribution in [0.4, 0.5) is 0 Å². The van der Waals surface area contributed by atoms with Gasteiger partial charge in [-0.15, -0.1) is 0 Å². The molecule has 0 aliphatic carbocycles. The van der Waals surface area contributed by atoms with Crippen LogP contribution in [0.1, 0.15) is 35.4 Å². The molecule has 1 unspecified atom stereocenters. The summed E-state index contributed by atoms with van der Waals surface area (Å²) in [6.07, 6.45) is 3.89. The fourth-order valence-corrected chi connectivity index (χ4v) is 2.11. The summed E-state index contributed by atoms with van der Waals surface area (Å²) in [6.45, 7) is 2.44. The minimum absolute atomic E-state index is 0.328. The number of rotatable bonds is 5. The van der Waals surface area contributed by atoms with Crippen molar-refractivity contribution in [2.24, 2.45) is 0 Å². The predicted octanol–water partition coefficient (Wildman–Crippen LogP) is 1.46. The van der Waals surface area contributed by atoms with Gasteiger partial charge in [0.25, 0.3) is 0 Å². The minimum Gasteiger partial charge on any atom is -0.464 e. The van der Waals surface area contributed by atoms with Crippen LogP contribution in [0.2, 0.25) is 0 Å². The molecule has 0 aromatic carbocycles. The van der Waals surface area contributed by atoms with Crippen LogP contribution in [0.5, 0.6) is 0 Å². The molecule has 5 nitrogen and oxygen atoms in total. The Morgan fingerprint density at radius 3 is 3.17 bits per heavy atom. The van der Waals surface area contributed by atoms with E-state index in [9.17, 15) is 4.79 Å². The molecule has 1 aliphatic heterocycles. The van der Waals surface area contributed by atoms with Crippen molar-refractivity contribution >= 4 is 5.97 Å². The van der Waals surface area contributed by atoms with E-state index in [2.05, 4.69) is 15.0 Å². The molecule has 1 aromatic heterocycles. The van der Waals surface area contributed by atoms with Crippen molar-refractivity contribution < 1.29 is 14.3 Å². The van der Waals surface area contributed by atoms with E-state index in [-0.39, 0.29) is 5.97 Å². The Kier molecular flexibility index (Phi) is 4.78. The van der Waals surface area contributed by atoms with Crippen LogP contribution in [0.3, 0.4) is 0 Å². The molecule has 0 spiro atoms. The highest BCUT2D eigenvalue weighted by molar-refractivity contribution is 5.87. The highest BCUT2D eigenvalue weighted by Gasteiger charge is 2.13. The molecular formula is C13H20N2O3. The quantitative estimate of drug-likeness (QED) is 0.779. The van der Waals surface area contributed by atoms with E-state index >= 15 is 0 Å². The van der Waals surface area contributed by atoms with E-state index in [1.165, 1.54) is 20.0 Å². The summed E-state index contributed by atoms with van der Waals surface area (Å²) >= 11 is 0. The first-order chi connectivity index (χ1) is 8.79. The van der Waals surface area contributed by atoms with Crippen molar-refractivity contribution in [3.05, 3.63) is 23.5 Å². The fourth-order valence-electron chi connectivity index (χ4n) is 2.11. The molecule has 0 amide bonds. The number of carbonyl (C=O) groups is 1. The number of hydrogen-bond donors (Lipinski definition) is 2. The minimum atomic E-state index is -0.336. The molecule has 100 valence electrons. The number of hydrogen-bond acceptors (Lipinski definition) is 4. The smallest absolute Gasteiger partial charge is 0.354 e. The molecule has 18 heavy (non-hydrogen) atoms. The first-order valence-corrected chi connectivity index (χ1v) is 6.38. The van der Waals surface area contributed by atoms with Crippen molar-refractivity contribution in [1.82, 2.24) is 10.3 Å². The topological polar surface area (TPSA) is 63.4 Å². The Morgan fingerprint density at radius 2 is 2.44 bits per heavy atom. The van der Waals surface area contributed by atoms with Crippen LogP contribution in [0, 0.1) is 0 Å². The lowest BCUT2D eigenvalue weighted by Crippen LogP contribution is -2.31. The van der Waals surface area contributed by atoms with Gasteiger partial charge in [0.05, 0.1) is 13.2 Å². The molecule has 1 aromatic rings. The van der Waals surface area contributed by atoms with Crippen molar-refractivity contribution in [1.29, 1.82) is 0 Å². The third-order valence-corrected chi connectivity index (χ3v) is 3.11. The first kappa shape index (κ1) is 13.1. The summed E-state index contributed by atoms with van der Waals surface area (Å²) in [5.41, 5.74) is 1.47. The molecular weight excluding hydrogens is 232 g/mol. The van der Waals surface area contributed by atoms with Crippen molar-refractivity contribution in [3.63, 3.8) is 0 Å². The number of H-pyrrole nitrogens is 1. The van der Waals surface area contributed by atoms with E-state index in [0.29, 0.717) is 18.3 Å². The van der Waals surface area contributed by atoms with Gasteiger partial charge >= 0.3 is 5.97 Å². The van der Waals surface area contributed by atoms with Crippen molar-refractivity contribution in [2.45, 2.75) is 31.9 Å². The summed E-state index contributed by atoms with van der Waals surface area (Å²) in [7, 11) is 1.38. The molecule has 1 aliphatic rings. The molecule has 2 N–H and O–H groups in total. The summed E-state index contributed by atoms with van der Waals surface area (Å²) in [5, 5.41) is 3.33. The SMILES string of the molecule is COC(=O)c1ccc(CNCC2CCCCO2)[nH]1. The fraction of sp³-hybridized carbons (Fsp3) is 0.615. The Bertz CT molecular complexity index is 383. The van der Waals surface area contributed by atoms with E-state index in [0.717, 1.165) is 25.3 Å². The second-order valence-corrected chi connectivity index (χ2v) is 4.51. The van der Waals surface area contributed by atoms with Gasteiger partial charge in [0, 0.05) is 25.4 Å². The van der Waals surface area contributed by atoms with Crippen LogP contribution in [-0.2, 0) is 16.0 Å². The lowest BCUT2D eigenvalue weighted by atomic mass is 10.1. The zero-order chi connectivity index (χ0) is 12.8. The van der Waals surface area contributed by atoms with Gasteiger partial charge in [-0.3, -0.25) is 0 Å². The maximum Gasteiger partial charge on any atom is 0.354 e. The number of methoxy groups -OCH3 is 1. The average molecular weight is 252 g/mol. The van der Waals surface area contributed by atoms with Gasteiger partial charge < -0.3 is 19.8 Å². The molecule has 1 atom stereocenters. The number of esters is 1. The molecule has 2 heterocycles. The van der Waals surface area contributed by atoms with Crippen molar-refractivity contribution in [3.8, 4) is 0 Å². The summed E-state index contributed by atoms with van der Waals surface area (Å²) in [4.78, 5) is 14.3. The monoisotopic (exact) mass is 252 g/mol. The second-order valence-electron chi connectivity index (χ2n) is 4.51. The number of nitrogens with one attached hydrogen (secondary N) is 2. The average Bonchev–Trinajstić information content (AvgIpc) is 2.88. The molecule has 1 fully saturated rings. The normalized spacial score (nSPS) is 19.7. The van der Waals surface area contributed by atoms with Gasteiger partial charge in [0.15, 0.2) is 0 Å². The summed E-state index contributed by atoms with van der Waals surface area (Å²) in [5.74, 6) is -0.336. The molecule has 2 rings (SSSR count). The Morgan fingerprint density at radius 1 is 1.56 bits per heavy atom. The second kappa shape index (κ2) is 6.56. The van der Waals surface area contributed by atoms with Crippen molar-refractivity contribution in [2.75, 3.05) is 20.3 Å². The maximum atomic E-state index is 11.3. The highest BCUT2D eigenvalue weighted by Crippen LogP contribution is 2.11. The van der Waals surface area contributed by atoms with Crippen LogP contribution < -0.4 is 5.32 Å². The molecule has 0 bridgehead atoms. The Balaban J connectivity index is 1.72. The van der Waals surface area contributed by atoms with Gasteiger partial charge in [-0.05, 0) is 31.4 Å². The largest absolute Gasteiger partial charge is 0.464 e. The van der Waals surface area contributed by atoms with E-state index in [1.807, 2.05) is 6.07 Å². The van der Waals surface area contributed by atoms with Crippen LogP contribution in [0.25, 0.3) is 0 Å². The van der Waals surface area contributed by atoms with E-state index in [1.54, 1.807) is 6.07 Å². The van der Waals surface area contributed by atoms with E-state index < -0.39 is 0 Å².